The molecule has 1 heterocycles. The molecule has 94 valence electrons. The Morgan fingerprint density at radius 3 is 2.62 bits per heavy atom. The number of hydrogen-bond acceptors (Lipinski definition) is 2. The molecule has 2 heteroatoms. The highest BCUT2D eigenvalue weighted by Crippen LogP contribution is 2.26. The van der Waals surface area contributed by atoms with Gasteiger partial charge in [-0.05, 0) is 58.4 Å². The van der Waals surface area contributed by atoms with Gasteiger partial charge in [-0.25, -0.2) is 0 Å². The molecule has 3 unspecified atom stereocenters. The Balaban J connectivity index is 1.60. The van der Waals surface area contributed by atoms with Crippen molar-refractivity contribution < 1.29 is 0 Å². The summed E-state index contributed by atoms with van der Waals surface area (Å²) in [5.74, 6) is 0.905. The van der Waals surface area contributed by atoms with Crippen LogP contribution in [0.25, 0.3) is 0 Å². The second-order valence-electron chi connectivity index (χ2n) is 6.11. The minimum absolute atomic E-state index is 0.779. The molecule has 2 nitrogen and oxygen atoms in total. The standard InChI is InChI=1S/C14H28N2/c1-11-9-13(3)16(10-11)12(2)5-4-8-15-14-6-7-14/h11-15H,4-10H2,1-3H3. The van der Waals surface area contributed by atoms with Crippen LogP contribution in [-0.4, -0.2) is 36.1 Å². The Bertz CT molecular complexity index is 213. The number of hydrogen-bond donors (Lipinski definition) is 1. The fourth-order valence-electron chi connectivity index (χ4n) is 3.10. The summed E-state index contributed by atoms with van der Waals surface area (Å²) in [5, 5.41) is 3.60. The average Bonchev–Trinajstić information content (AvgIpc) is 2.98. The Morgan fingerprint density at radius 2 is 2.06 bits per heavy atom. The average molecular weight is 224 g/mol. The first-order valence-electron chi connectivity index (χ1n) is 7.16. The lowest BCUT2D eigenvalue weighted by Crippen LogP contribution is -2.36. The predicted octanol–water partition coefficient (Wildman–Crippen LogP) is 2.64. The maximum Gasteiger partial charge on any atom is 0.00728 e. The van der Waals surface area contributed by atoms with Gasteiger partial charge in [0.1, 0.15) is 0 Å². The van der Waals surface area contributed by atoms with Crippen molar-refractivity contribution in [2.45, 2.75) is 71.0 Å². The van der Waals surface area contributed by atoms with Gasteiger partial charge in [-0.15, -0.1) is 0 Å². The van der Waals surface area contributed by atoms with E-state index in [9.17, 15) is 0 Å². The highest BCUT2D eigenvalue weighted by molar-refractivity contribution is 4.84. The third kappa shape index (κ3) is 3.46. The molecule has 2 aliphatic rings. The van der Waals surface area contributed by atoms with Gasteiger partial charge in [-0.3, -0.25) is 4.90 Å². The summed E-state index contributed by atoms with van der Waals surface area (Å²) in [6, 6.07) is 2.46. The zero-order valence-electron chi connectivity index (χ0n) is 11.2. The smallest absolute Gasteiger partial charge is 0.00728 e. The lowest BCUT2D eigenvalue weighted by Gasteiger charge is -2.28. The summed E-state index contributed by atoms with van der Waals surface area (Å²) in [6.45, 7) is 9.73. The molecule has 1 saturated heterocycles. The summed E-state index contributed by atoms with van der Waals surface area (Å²) >= 11 is 0. The van der Waals surface area contributed by atoms with E-state index in [4.69, 9.17) is 0 Å². The number of likely N-dealkylation sites (tertiary alicyclic amines) is 1. The van der Waals surface area contributed by atoms with Crippen LogP contribution in [0.2, 0.25) is 0 Å². The lowest BCUT2D eigenvalue weighted by molar-refractivity contribution is 0.188. The molecule has 2 rings (SSSR count). The zero-order chi connectivity index (χ0) is 11.5. The minimum Gasteiger partial charge on any atom is -0.314 e. The van der Waals surface area contributed by atoms with Gasteiger partial charge in [0, 0.05) is 24.7 Å². The molecule has 1 aliphatic heterocycles. The summed E-state index contributed by atoms with van der Waals surface area (Å²) in [6.07, 6.45) is 6.92. The van der Waals surface area contributed by atoms with E-state index in [1.807, 2.05) is 0 Å². The van der Waals surface area contributed by atoms with E-state index in [0.717, 1.165) is 24.0 Å². The summed E-state index contributed by atoms with van der Waals surface area (Å²) in [5.41, 5.74) is 0. The van der Waals surface area contributed by atoms with Crippen LogP contribution in [0, 0.1) is 5.92 Å². The second-order valence-corrected chi connectivity index (χ2v) is 6.11. The molecule has 0 aromatic heterocycles. The highest BCUT2D eigenvalue weighted by Gasteiger charge is 2.29. The second kappa shape index (κ2) is 5.50. The van der Waals surface area contributed by atoms with Crippen molar-refractivity contribution in [1.29, 1.82) is 0 Å². The van der Waals surface area contributed by atoms with E-state index in [1.165, 1.54) is 45.2 Å². The number of nitrogens with one attached hydrogen (secondary N) is 1. The molecular weight excluding hydrogens is 196 g/mol. The van der Waals surface area contributed by atoms with E-state index >= 15 is 0 Å². The van der Waals surface area contributed by atoms with Gasteiger partial charge >= 0.3 is 0 Å². The summed E-state index contributed by atoms with van der Waals surface area (Å²) < 4.78 is 0. The molecule has 0 amide bonds. The van der Waals surface area contributed by atoms with Crippen LogP contribution in [0.3, 0.4) is 0 Å². The fourth-order valence-corrected chi connectivity index (χ4v) is 3.10. The molecule has 0 aromatic carbocycles. The molecule has 2 fully saturated rings. The van der Waals surface area contributed by atoms with E-state index in [-0.39, 0.29) is 0 Å². The predicted molar refractivity (Wildman–Crippen MR) is 69.7 cm³/mol. The molecule has 0 aromatic rings. The molecule has 1 aliphatic carbocycles. The topological polar surface area (TPSA) is 15.3 Å². The van der Waals surface area contributed by atoms with Crippen molar-refractivity contribution in [2.24, 2.45) is 5.92 Å². The third-order valence-corrected chi connectivity index (χ3v) is 4.21. The molecule has 1 N–H and O–H groups in total. The first-order chi connectivity index (χ1) is 7.66. The van der Waals surface area contributed by atoms with Crippen LogP contribution in [0.1, 0.15) is 52.9 Å². The summed E-state index contributed by atoms with van der Waals surface area (Å²) in [7, 11) is 0. The fraction of sp³-hybridized carbons (Fsp3) is 1.00. The van der Waals surface area contributed by atoms with Gasteiger partial charge in [-0.1, -0.05) is 6.92 Å². The number of rotatable bonds is 6. The van der Waals surface area contributed by atoms with Crippen molar-refractivity contribution in [3.05, 3.63) is 0 Å². The molecule has 16 heavy (non-hydrogen) atoms. The van der Waals surface area contributed by atoms with Gasteiger partial charge in [0.2, 0.25) is 0 Å². The SMILES string of the molecule is CC1CC(C)N(C(C)CCCNC2CC2)C1. The van der Waals surface area contributed by atoms with Crippen LogP contribution >= 0.6 is 0 Å². The van der Waals surface area contributed by atoms with Crippen LogP contribution in [0.5, 0.6) is 0 Å². The molecule has 1 saturated carbocycles. The highest BCUT2D eigenvalue weighted by atomic mass is 15.2. The zero-order valence-corrected chi connectivity index (χ0v) is 11.2. The molecule has 0 bridgehead atoms. The molecule has 3 atom stereocenters. The van der Waals surface area contributed by atoms with Crippen molar-refractivity contribution >= 4 is 0 Å². The van der Waals surface area contributed by atoms with Gasteiger partial charge in [0.25, 0.3) is 0 Å². The first kappa shape index (κ1) is 12.4. The summed E-state index contributed by atoms with van der Waals surface area (Å²) in [4.78, 5) is 2.71. The lowest BCUT2D eigenvalue weighted by atomic mass is 10.1. The maximum absolute atomic E-state index is 3.60. The largest absolute Gasteiger partial charge is 0.314 e. The Hall–Kier alpha value is -0.0800. The Morgan fingerprint density at radius 1 is 1.31 bits per heavy atom. The van der Waals surface area contributed by atoms with Crippen molar-refractivity contribution in [1.82, 2.24) is 10.2 Å². The number of nitrogens with zero attached hydrogens (tertiary/aromatic N) is 1. The van der Waals surface area contributed by atoms with Crippen LogP contribution in [0.15, 0.2) is 0 Å². The van der Waals surface area contributed by atoms with E-state index in [1.54, 1.807) is 0 Å². The molecular formula is C14H28N2. The van der Waals surface area contributed by atoms with E-state index in [0.29, 0.717) is 0 Å². The van der Waals surface area contributed by atoms with Crippen LogP contribution in [-0.2, 0) is 0 Å². The molecule has 0 spiro atoms. The quantitative estimate of drug-likeness (QED) is 0.698. The monoisotopic (exact) mass is 224 g/mol. The van der Waals surface area contributed by atoms with Gasteiger partial charge in [0.15, 0.2) is 0 Å². The van der Waals surface area contributed by atoms with E-state index < -0.39 is 0 Å². The third-order valence-electron chi connectivity index (χ3n) is 4.21. The normalized spacial score (nSPS) is 33.2. The Labute approximate surface area is 101 Å². The van der Waals surface area contributed by atoms with Crippen LogP contribution in [0.4, 0.5) is 0 Å². The first-order valence-corrected chi connectivity index (χ1v) is 7.16. The molecule has 0 radical (unpaired) electrons. The van der Waals surface area contributed by atoms with Gasteiger partial charge < -0.3 is 5.32 Å². The van der Waals surface area contributed by atoms with E-state index in [2.05, 4.69) is 31.0 Å². The van der Waals surface area contributed by atoms with Gasteiger partial charge in [0.05, 0.1) is 0 Å². The van der Waals surface area contributed by atoms with Gasteiger partial charge in [-0.2, -0.15) is 0 Å². The van der Waals surface area contributed by atoms with Crippen LogP contribution < -0.4 is 5.32 Å². The van der Waals surface area contributed by atoms with Crippen molar-refractivity contribution in [2.75, 3.05) is 13.1 Å². The minimum atomic E-state index is 0.779. The Kier molecular flexibility index (Phi) is 4.26. The maximum atomic E-state index is 3.60. The van der Waals surface area contributed by atoms with Crippen molar-refractivity contribution in [3.63, 3.8) is 0 Å². The van der Waals surface area contributed by atoms with Crippen molar-refractivity contribution in [3.8, 4) is 0 Å².